The normalized spacial score (nSPS) is 12.2. The summed E-state index contributed by atoms with van der Waals surface area (Å²) in [6, 6.07) is -1.40. The van der Waals surface area contributed by atoms with Gasteiger partial charge in [-0.1, -0.05) is 13.8 Å². The predicted molar refractivity (Wildman–Crippen MR) is 67.5 cm³/mol. The van der Waals surface area contributed by atoms with E-state index in [1.165, 1.54) is 0 Å². The van der Waals surface area contributed by atoms with Crippen LogP contribution in [-0.4, -0.2) is 44.5 Å². The summed E-state index contributed by atoms with van der Waals surface area (Å²) in [6.07, 6.45) is 2.07. The molecule has 1 atom stereocenters. The zero-order valence-corrected chi connectivity index (χ0v) is 11.3. The molecule has 1 heterocycles. The molecular formula is C11H19N5O3. The van der Waals surface area contributed by atoms with Crippen LogP contribution < -0.4 is 10.6 Å². The Morgan fingerprint density at radius 1 is 1.47 bits per heavy atom. The van der Waals surface area contributed by atoms with Crippen molar-refractivity contribution in [3.63, 3.8) is 0 Å². The van der Waals surface area contributed by atoms with Crippen molar-refractivity contribution in [1.29, 1.82) is 0 Å². The largest absolute Gasteiger partial charge is 0.480 e. The monoisotopic (exact) mass is 269 g/mol. The van der Waals surface area contributed by atoms with Gasteiger partial charge in [-0.3, -0.25) is 4.68 Å². The van der Waals surface area contributed by atoms with Gasteiger partial charge in [0.15, 0.2) is 5.82 Å². The van der Waals surface area contributed by atoms with Gasteiger partial charge in [0.25, 0.3) is 0 Å². The van der Waals surface area contributed by atoms with E-state index >= 15 is 0 Å². The second kappa shape index (κ2) is 6.72. The van der Waals surface area contributed by atoms with Gasteiger partial charge in [0, 0.05) is 20.0 Å². The van der Waals surface area contributed by atoms with Crippen LogP contribution in [0.25, 0.3) is 0 Å². The molecule has 1 unspecified atom stereocenters. The van der Waals surface area contributed by atoms with Crippen LogP contribution in [-0.2, 0) is 18.3 Å². The maximum Gasteiger partial charge on any atom is 0.326 e. The molecule has 19 heavy (non-hydrogen) atoms. The minimum absolute atomic E-state index is 0.180. The van der Waals surface area contributed by atoms with Crippen molar-refractivity contribution in [2.45, 2.75) is 26.3 Å². The Kier molecular flexibility index (Phi) is 5.28. The lowest BCUT2D eigenvalue weighted by Crippen LogP contribution is -2.48. The first-order valence-corrected chi connectivity index (χ1v) is 6.02. The summed E-state index contributed by atoms with van der Waals surface area (Å²) in [5.41, 5.74) is 0. The predicted octanol–water partition coefficient (Wildman–Crippen LogP) is -0.234. The Labute approximate surface area is 111 Å². The maximum absolute atomic E-state index is 11.5. The Balaban J connectivity index is 2.33. The molecule has 0 spiro atoms. The highest BCUT2D eigenvalue weighted by molar-refractivity contribution is 5.82. The molecule has 8 nitrogen and oxygen atoms in total. The highest BCUT2D eigenvalue weighted by atomic mass is 16.4. The van der Waals surface area contributed by atoms with Crippen molar-refractivity contribution in [1.82, 2.24) is 25.4 Å². The number of carboxylic acids is 1. The highest BCUT2D eigenvalue weighted by Gasteiger charge is 2.23. The van der Waals surface area contributed by atoms with Gasteiger partial charge in [-0.25, -0.2) is 14.6 Å². The van der Waals surface area contributed by atoms with Gasteiger partial charge in [-0.2, -0.15) is 5.10 Å². The number of hydrogen-bond acceptors (Lipinski definition) is 4. The molecule has 0 radical (unpaired) electrons. The van der Waals surface area contributed by atoms with Gasteiger partial charge in [0.2, 0.25) is 0 Å². The lowest BCUT2D eigenvalue weighted by molar-refractivity contribution is -0.140. The Morgan fingerprint density at radius 3 is 2.63 bits per heavy atom. The molecule has 106 valence electrons. The average molecular weight is 269 g/mol. The summed E-state index contributed by atoms with van der Waals surface area (Å²) in [5, 5.41) is 18.0. The first-order valence-electron chi connectivity index (χ1n) is 6.02. The molecule has 0 aliphatic rings. The number of amides is 2. The van der Waals surface area contributed by atoms with E-state index in [9.17, 15) is 9.59 Å². The van der Waals surface area contributed by atoms with Crippen LogP contribution in [0.15, 0.2) is 6.33 Å². The molecule has 0 aliphatic heterocycles. The summed E-state index contributed by atoms with van der Waals surface area (Å²) < 4.78 is 1.58. The molecule has 0 aromatic carbocycles. The molecule has 0 bridgehead atoms. The zero-order valence-electron chi connectivity index (χ0n) is 11.3. The maximum atomic E-state index is 11.5. The van der Waals surface area contributed by atoms with E-state index in [4.69, 9.17) is 5.11 Å². The van der Waals surface area contributed by atoms with Crippen molar-refractivity contribution in [3.05, 3.63) is 12.2 Å². The fourth-order valence-electron chi connectivity index (χ4n) is 1.49. The van der Waals surface area contributed by atoms with Crippen LogP contribution in [0.1, 0.15) is 19.7 Å². The highest BCUT2D eigenvalue weighted by Crippen LogP contribution is 2.01. The van der Waals surface area contributed by atoms with Crippen molar-refractivity contribution >= 4 is 12.0 Å². The number of hydrogen-bond donors (Lipinski definition) is 3. The fraction of sp³-hybridized carbons (Fsp3) is 0.636. The Hall–Kier alpha value is -2.12. The second-order valence-electron chi connectivity index (χ2n) is 4.54. The van der Waals surface area contributed by atoms with Crippen molar-refractivity contribution in [2.75, 3.05) is 6.54 Å². The third-order valence-corrected chi connectivity index (χ3v) is 2.50. The standard InChI is InChI=1S/C11H19N5O3/c1-7(2)9(10(17)18)14-11(19)12-5-4-8-13-6-16(3)15-8/h6-7,9H,4-5H2,1-3H3,(H,17,18)(H2,12,14,19). The third-order valence-electron chi connectivity index (χ3n) is 2.50. The van der Waals surface area contributed by atoms with Crippen LogP contribution in [0.3, 0.4) is 0 Å². The zero-order chi connectivity index (χ0) is 14.4. The van der Waals surface area contributed by atoms with E-state index in [1.807, 2.05) is 0 Å². The van der Waals surface area contributed by atoms with Crippen molar-refractivity contribution < 1.29 is 14.7 Å². The molecule has 1 aromatic rings. The third kappa shape index (κ3) is 4.94. The van der Waals surface area contributed by atoms with E-state index in [-0.39, 0.29) is 5.92 Å². The van der Waals surface area contributed by atoms with Crippen LogP contribution >= 0.6 is 0 Å². The number of rotatable bonds is 6. The molecule has 0 saturated carbocycles. The summed E-state index contributed by atoms with van der Waals surface area (Å²) in [6.45, 7) is 3.81. The first kappa shape index (κ1) is 14.9. The number of urea groups is 1. The molecule has 0 saturated heterocycles. The topological polar surface area (TPSA) is 109 Å². The van der Waals surface area contributed by atoms with Gasteiger partial charge in [-0.15, -0.1) is 0 Å². The van der Waals surface area contributed by atoms with Gasteiger partial charge >= 0.3 is 12.0 Å². The summed E-state index contributed by atoms with van der Waals surface area (Å²) >= 11 is 0. The van der Waals surface area contributed by atoms with E-state index in [1.54, 1.807) is 31.9 Å². The molecule has 0 aliphatic carbocycles. The average Bonchev–Trinajstić information content (AvgIpc) is 2.71. The molecule has 8 heteroatoms. The van der Waals surface area contributed by atoms with Crippen LogP contribution in [0.2, 0.25) is 0 Å². The second-order valence-corrected chi connectivity index (χ2v) is 4.54. The Bertz CT molecular complexity index is 443. The summed E-state index contributed by atoms with van der Waals surface area (Å²) in [5.74, 6) is -0.598. The van der Waals surface area contributed by atoms with E-state index in [0.29, 0.717) is 18.8 Å². The molecule has 1 rings (SSSR count). The number of carbonyl (C=O) groups excluding carboxylic acids is 1. The van der Waals surface area contributed by atoms with Gasteiger partial charge in [-0.05, 0) is 5.92 Å². The summed E-state index contributed by atoms with van der Waals surface area (Å²) in [7, 11) is 1.76. The van der Waals surface area contributed by atoms with Gasteiger partial charge in [0.1, 0.15) is 12.4 Å². The number of aryl methyl sites for hydroxylation is 1. The molecule has 3 N–H and O–H groups in total. The SMILES string of the molecule is CC(C)C(NC(=O)NCCc1ncn(C)n1)C(=O)O. The quantitative estimate of drug-likeness (QED) is 0.660. The minimum atomic E-state index is -1.04. The van der Waals surface area contributed by atoms with Gasteiger partial charge in [0.05, 0.1) is 0 Å². The Morgan fingerprint density at radius 2 is 2.16 bits per heavy atom. The number of nitrogens with zero attached hydrogens (tertiary/aromatic N) is 3. The van der Waals surface area contributed by atoms with Crippen LogP contribution in [0.5, 0.6) is 0 Å². The summed E-state index contributed by atoms with van der Waals surface area (Å²) in [4.78, 5) is 26.5. The number of aliphatic carboxylic acids is 1. The van der Waals surface area contributed by atoms with Crippen molar-refractivity contribution in [2.24, 2.45) is 13.0 Å². The minimum Gasteiger partial charge on any atom is -0.480 e. The molecule has 0 fully saturated rings. The lowest BCUT2D eigenvalue weighted by Gasteiger charge is -2.18. The number of carbonyl (C=O) groups is 2. The molecule has 1 aromatic heterocycles. The van der Waals surface area contributed by atoms with E-state index in [0.717, 1.165) is 0 Å². The lowest BCUT2D eigenvalue weighted by atomic mass is 10.1. The number of nitrogens with one attached hydrogen (secondary N) is 2. The molecular weight excluding hydrogens is 250 g/mol. The van der Waals surface area contributed by atoms with Crippen molar-refractivity contribution in [3.8, 4) is 0 Å². The van der Waals surface area contributed by atoms with Gasteiger partial charge < -0.3 is 15.7 Å². The molecule has 2 amide bonds. The smallest absolute Gasteiger partial charge is 0.326 e. The first-order chi connectivity index (χ1) is 8.90. The van der Waals surface area contributed by atoms with Crippen LogP contribution in [0, 0.1) is 5.92 Å². The van der Waals surface area contributed by atoms with E-state index < -0.39 is 18.0 Å². The number of carboxylic acid groups (broad SMARTS) is 1. The number of aromatic nitrogens is 3. The van der Waals surface area contributed by atoms with Crippen LogP contribution in [0.4, 0.5) is 4.79 Å². The fourth-order valence-corrected chi connectivity index (χ4v) is 1.49. The van der Waals surface area contributed by atoms with E-state index in [2.05, 4.69) is 20.7 Å².